The Morgan fingerprint density at radius 3 is 2.48 bits per heavy atom. The highest BCUT2D eigenvalue weighted by atomic mass is 16.5. The fourth-order valence-electron chi connectivity index (χ4n) is 1.91. The zero-order chi connectivity index (χ0) is 15.7. The first kappa shape index (κ1) is 17.2. The van der Waals surface area contributed by atoms with Crippen molar-refractivity contribution >= 4 is 11.9 Å². The Hall–Kier alpha value is -1.88. The second-order valence-electron chi connectivity index (χ2n) is 4.74. The quantitative estimate of drug-likeness (QED) is 0.720. The monoisotopic (exact) mass is 293 g/mol. The Morgan fingerprint density at radius 2 is 1.90 bits per heavy atom. The van der Waals surface area contributed by atoms with Gasteiger partial charge in [-0.15, -0.1) is 0 Å². The van der Waals surface area contributed by atoms with Crippen LogP contribution in [0, 0.1) is 0 Å². The fourth-order valence-corrected chi connectivity index (χ4v) is 1.91. The van der Waals surface area contributed by atoms with Crippen molar-refractivity contribution in [1.82, 2.24) is 5.32 Å². The lowest BCUT2D eigenvalue weighted by Gasteiger charge is -2.10. The molecule has 2 N–H and O–H groups in total. The maximum absolute atomic E-state index is 11.9. The summed E-state index contributed by atoms with van der Waals surface area (Å²) in [5, 5.41) is 12.5. The summed E-state index contributed by atoms with van der Waals surface area (Å²) in [6.07, 6.45) is 1.27. The average molecular weight is 293 g/mol. The number of rotatable bonds is 8. The van der Waals surface area contributed by atoms with Gasteiger partial charge in [0, 0.05) is 12.1 Å². The molecule has 1 atom stereocenters. The van der Waals surface area contributed by atoms with E-state index in [1.807, 2.05) is 6.92 Å². The van der Waals surface area contributed by atoms with Crippen LogP contribution in [-0.2, 0) is 9.53 Å². The van der Waals surface area contributed by atoms with Gasteiger partial charge in [-0.3, -0.25) is 9.59 Å². The number of carbonyl (C=O) groups excluding carboxylic acids is 2. The van der Waals surface area contributed by atoms with Crippen LogP contribution in [0.15, 0.2) is 24.3 Å². The Balaban J connectivity index is 2.46. The first-order valence-corrected chi connectivity index (χ1v) is 7.30. The predicted octanol–water partition coefficient (Wildman–Crippen LogP) is 2.20. The van der Waals surface area contributed by atoms with E-state index >= 15 is 0 Å². The van der Waals surface area contributed by atoms with Gasteiger partial charge in [-0.1, -0.05) is 25.5 Å². The molecule has 0 saturated heterocycles. The minimum absolute atomic E-state index is 0.160. The van der Waals surface area contributed by atoms with E-state index in [1.165, 1.54) is 0 Å². The number of amides is 1. The van der Waals surface area contributed by atoms with Crippen molar-refractivity contribution in [2.45, 2.75) is 39.2 Å². The van der Waals surface area contributed by atoms with Crippen molar-refractivity contribution in [1.29, 1.82) is 0 Å². The largest absolute Gasteiger partial charge is 0.466 e. The molecule has 0 bridgehead atoms. The Kier molecular flexibility index (Phi) is 7.46. The van der Waals surface area contributed by atoms with E-state index in [1.54, 1.807) is 31.2 Å². The zero-order valence-corrected chi connectivity index (χ0v) is 12.6. The lowest BCUT2D eigenvalue weighted by atomic mass is 10.0. The molecule has 5 nitrogen and oxygen atoms in total. The number of aliphatic hydroxyl groups is 1. The molecule has 0 fully saturated rings. The SMILES string of the molecule is CCC[C@H](O)c1ccc(C(=O)NCCC(=O)OCC)cc1. The van der Waals surface area contributed by atoms with Gasteiger partial charge in [0.15, 0.2) is 0 Å². The molecule has 1 amide bonds. The van der Waals surface area contributed by atoms with Gasteiger partial charge in [0.2, 0.25) is 0 Å². The molecule has 0 saturated carbocycles. The van der Waals surface area contributed by atoms with Gasteiger partial charge in [-0.25, -0.2) is 0 Å². The molecule has 1 rings (SSSR count). The summed E-state index contributed by atoms with van der Waals surface area (Å²) in [6, 6.07) is 6.85. The molecule has 1 aromatic rings. The third-order valence-corrected chi connectivity index (χ3v) is 3.04. The van der Waals surface area contributed by atoms with Crippen LogP contribution in [0.1, 0.15) is 55.1 Å². The maximum atomic E-state index is 11.9. The second kappa shape index (κ2) is 9.13. The van der Waals surface area contributed by atoms with Gasteiger partial charge in [-0.2, -0.15) is 0 Å². The van der Waals surface area contributed by atoms with Gasteiger partial charge in [0.25, 0.3) is 5.91 Å². The molecular weight excluding hydrogens is 270 g/mol. The standard InChI is InChI=1S/C16H23NO4/c1-3-5-14(18)12-6-8-13(9-7-12)16(20)17-11-10-15(19)21-4-2/h6-9,14,18H,3-5,10-11H2,1-2H3,(H,17,20)/t14-/m0/s1. The van der Waals surface area contributed by atoms with E-state index in [0.29, 0.717) is 18.6 Å². The van der Waals surface area contributed by atoms with Gasteiger partial charge in [0.1, 0.15) is 0 Å². The fraction of sp³-hybridized carbons (Fsp3) is 0.500. The molecule has 0 spiro atoms. The van der Waals surface area contributed by atoms with Crippen LogP contribution in [0.25, 0.3) is 0 Å². The van der Waals surface area contributed by atoms with Crippen molar-refractivity contribution in [2.75, 3.05) is 13.2 Å². The number of hydrogen-bond acceptors (Lipinski definition) is 4. The van der Waals surface area contributed by atoms with Crippen molar-refractivity contribution in [3.05, 3.63) is 35.4 Å². The van der Waals surface area contributed by atoms with E-state index in [-0.39, 0.29) is 24.8 Å². The summed E-state index contributed by atoms with van der Waals surface area (Å²) in [6.45, 7) is 4.34. The van der Waals surface area contributed by atoms with Crippen molar-refractivity contribution in [3.8, 4) is 0 Å². The summed E-state index contributed by atoms with van der Waals surface area (Å²) >= 11 is 0. The number of carbonyl (C=O) groups is 2. The van der Waals surface area contributed by atoms with Crippen LogP contribution in [0.2, 0.25) is 0 Å². The van der Waals surface area contributed by atoms with Gasteiger partial charge in [0.05, 0.1) is 19.1 Å². The highest BCUT2D eigenvalue weighted by Crippen LogP contribution is 2.18. The average Bonchev–Trinajstić information content (AvgIpc) is 2.48. The number of benzene rings is 1. The summed E-state index contributed by atoms with van der Waals surface area (Å²) < 4.78 is 4.78. The van der Waals surface area contributed by atoms with Crippen molar-refractivity contribution in [3.63, 3.8) is 0 Å². The maximum Gasteiger partial charge on any atom is 0.307 e. The van der Waals surface area contributed by atoms with Crippen molar-refractivity contribution in [2.24, 2.45) is 0 Å². The van der Waals surface area contributed by atoms with Crippen LogP contribution in [0.3, 0.4) is 0 Å². The van der Waals surface area contributed by atoms with Crippen LogP contribution in [-0.4, -0.2) is 30.1 Å². The summed E-state index contributed by atoms with van der Waals surface area (Å²) in [7, 11) is 0. The third kappa shape index (κ3) is 5.95. The first-order chi connectivity index (χ1) is 10.1. The van der Waals surface area contributed by atoms with Crippen LogP contribution in [0.5, 0.6) is 0 Å². The lowest BCUT2D eigenvalue weighted by molar-refractivity contribution is -0.142. The smallest absolute Gasteiger partial charge is 0.307 e. The first-order valence-electron chi connectivity index (χ1n) is 7.30. The molecule has 116 valence electrons. The van der Waals surface area contributed by atoms with Crippen LogP contribution >= 0.6 is 0 Å². The van der Waals surface area contributed by atoms with Gasteiger partial charge in [-0.05, 0) is 31.0 Å². The van der Waals surface area contributed by atoms with Gasteiger partial charge < -0.3 is 15.2 Å². The molecule has 0 aromatic heterocycles. The zero-order valence-electron chi connectivity index (χ0n) is 12.6. The van der Waals surface area contributed by atoms with Gasteiger partial charge >= 0.3 is 5.97 Å². The Bertz CT molecular complexity index is 456. The number of nitrogens with one attached hydrogen (secondary N) is 1. The predicted molar refractivity (Wildman–Crippen MR) is 79.9 cm³/mol. The molecule has 0 radical (unpaired) electrons. The molecule has 0 unspecified atom stereocenters. The highest BCUT2D eigenvalue weighted by Gasteiger charge is 2.09. The third-order valence-electron chi connectivity index (χ3n) is 3.04. The summed E-state index contributed by atoms with van der Waals surface area (Å²) in [5.74, 6) is -0.563. The minimum atomic E-state index is -0.490. The minimum Gasteiger partial charge on any atom is -0.466 e. The van der Waals surface area contributed by atoms with Crippen LogP contribution < -0.4 is 5.32 Å². The number of hydrogen-bond donors (Lipinski definition) is 2. The van der Waals surface area contributed by atoms with E-state index < -0.39 is 6.10 Å². The molecule has 5 heteroatoms. The summed E-state index contributed by atoms with van der Waals surface area (Å²) in [5.41, 5.74) is 1.31. The number of aliphatic hydroxyl groups excluding tert-OH is 1. The Labute approximate surface area is 125 Å². The highest BCUT2D eigenvalue weighted by molar-refractivity contribution is 5.94. The van der Waals surface area contributed by atoms with E-state index in [2.05, 4.69) is 5.32 Å². The molecule has 0 heterocycles. The Morgan fingerprint density at radius 1 is 1.24 bits per heavy atom. The summed E-state index contributed by atoms with van der Waals surface area (Å²) in [4.78, 5) is 23.0. The van der Waals surface area contributed by atoms with E-state index in [0.717, 1.165) is 12.0 Å². The van der Waals surface area contributed by atoms with Crippen molar-refractivity contribution < 1.29 is 19.4 Å². The lowest BCUT2D eigenvalue weighted by Crippen LogP contribution is -2.26. The molecule has 0 aliphatic rings. The molecule has 0 aliphatic carbocycles. The second-order valence-corrected chi connectivity index (χ2v) is 4.74. The molecule has 0 aliphatic heterocycles. The number of ether oxygens (including phenoxy) is 1. The molecular formula is C16H23NO4. The molecule has 1 aromatic carbocycles. The molecule has 21 heavy (non-hydrogen) atoms. The topological polar surface area (TPSA) is 75.6 Å². The van der Waals surface area contributed by atoms with E-state index in [4.69, 9.17) is 4.74 Å². The van der Waals surface area contributed by atoms with Crippen LogP contribution in [0.4, 0.5) is 0 Å². The normalized spacial score (nSPS) is 11.8. The van der Waals surface area contributed by atoms with E-state index in [9.17, 15) is 14.7 Å². The number of esters is 1.